The Hall–Kier alpha value is -2.70. The molecule has 7 nitrogen and oxygen atoms in total. The summed E-state index contributed by atoms with van der Waals surface area (Å²) in [6.07, 6.45) is 11.5. The molecule has 0 unspecified atom stereocenters. The van der Waals surface area contributed by atoms with E-state index in [1.807, 2.05) is 10.7 Å². The SMILES string of the molecule is O=C(c1nn(C23CC4CC(CC(C4)C2)C3)cc1[N+](=O)[O-])N1CCC(Cc2ccccc2)CC1. The zero-order valence-electron chi connectivity index (χ0n) is 19.1. The third kappa shape index (κ3) is 3.75. The van der Waals surface area contributed by atoms with Gasteiger partial charge in [-0.05, 0) is 87.0 Å². The van der Waals surface area contributed by atoms with E-state index in [2.05, 4.69) is 29.4 Å². The summed E-state index contributed by atoms with van der Waals surface area (Å²) in [6.45, 7) is 1.27. The van der Waals surface area contributed by atoms with Gasteiger partial charge in [0.05, 0.1) is 10.5 Å². The zero-order valence-corrected chi connectivity index (χ0v) is 19.1. The predicted octanol–water partition coefficient (Wildman–Crippen LogP) is 4.81. The molecule has 174 valence electrons. The first-order valence-corrected chi connectivity index (χ1v) is 12.6. The molecule has 4 saturated carbocycles. The Kier molecular flexibility index (Phi) is 5.03. The third-order valence-electron chi connectivity index (χ3n) is 8.86. The minimum Gasteiger partial charge on any atom is -0.337 e. The van der Waals surface area contributed by atoms with Crippen LogP contribution in [0.15, 0.2) is 36.5 Å². The number of nitro groups is 1. The highest BCUT2D eigenvalue weighted by Gasteiger charge is 2.53. The topological polar surface area (TPSA) is 81.3 Å². The quantitative estimate of drug-likeness (QED) is 0.485. The van der Waals surface area contributed by atoms with Crippen LogP contribution < -0.4 is 0 Å². The molecule has 2 heterocycles. The average molecular weight is 449 g/mol. The normalized spacial score (nSPS) is 31.2. The summed E-state index contributed by atoms with van der Waals surface area (Å²) in [5.41, 5.74) is 1.12. The van der Waals surface area contributed by atoms with Crippen LogP contribution >= 0.6 is 0 Å². The molecule has 4 aliphatic carbocycles. The van der Waals surface area contributed by atoms with E-state index in [0.29, 0.717) is 36.8 Å². The summed E-state index contributed by atoms with van der Waals surface area (Å²) in [6, 6.07) is 10.5. The van der Waals surface area contributed by atoms with E-state index in [0.717, 1.165) is 38.5 Å². The van der Waals surface area contributed by atoms with Gasteiger partial charge in [0.25, 0.3) is 5.91 Å². The highest BCUT2D eigenvalue weighted by molar-refractivity contribution is 5.96. The van der Waals surface area contributed by atoms with Crippen molar-refractivity contribution in [3.05, 3.63) is 57.9 Å². The Morgan fingerprint density at radius 2 is 1.64 bits per heavy atom. The number of benzene rings is 1. The average Bonchev–Trinajstić information content (AvgIpc) is 3.26. The molecule has 33 heavy (non-hydrogen) atoms. The molecule has 7 rings (SSSR count). The molecule has 1 aromatic heterocycles. The van der Waals surface area contributed by atoms with Crippen molar-refractivity contribution < 1.29 is 9.72 Å². The van der Waals surface area contributed by atoms with E-state index >= 15 is 0 Å². The second-order valence-electron chi connectivity index (χ2n) is 11.1. The highest BCUT2D eigenvalue weighted by atomic mass is 16.6. The number of likely N-dealkylation sites (tertiary alicyclic amines) is 1. The van der Waals surface area contributed by atoms with Gasteiger partial charge in [0.1, 0.15) is 6.20 Å². The van der Waals surface area contributed by atoms with Crippen molar-refractivity contribution >= 4 is 11.6 Å². The van der Waals surface area contributed by atoms with Crippen LogP contribution in [0.4, 0.5) is 5.69 Å². The highest BCUT2D eigenvalue weighted by Crippen LogP contribution is 2.58. The molecule has 5 fully saturated rings. The maximum absolute atomic E-state index is 13.4. The molecule has 1 aliphatic heterocycles. The summed E-state index contributed by atoms with van der Waals surface area (Å²) in [5.74, 6) is 2.39. The fourth-order valence-electron chi connectivity index (χ4n) is 7.68. The number of carbonyl (C=O) groups excluding carboxylic acids is 1. The predicted molar refractivity (Wildman–Crippen MR) is 124 cm³/mol. The number of rotatable bonds is 5. The first-order valence-electron chi connectivity index (χ1n) is 12.6. The van der Waals surface area contributed by atoms with Crippen molar-refractivity contribution in [1.29, 1.82) is 0 Å². The first-order chi connectivity index (χ1) is 16.0. The van der Waals surface area contributed by atoms with E-state index in [1.165, 1.54) is 24.8 Å². The lowest BCUT2D eigenvalue weighted by atomic mass is 9.53. The first kappa shape index (κ1) is 20.9. The lowest BCUT2D eigenvalue weighted by molar-refractivity contribution is -0.385. The molecule has 5 aliphatic rings. The lowest BCUT2D eigenvalue weighted by Crippen LogP contribution is -2.52. The van der Waals surface area contributed by atoms with Crippen molar-refractivity contribution in [2.45, 2.75) is 63.3 Å². The van der Waals surface area contributed by atoms with Crippen LogP contribution in [0.3, 0.4) is 0 Å². The van der Waals surface area contributed by atoms with Gasteiger partial charge >= 0.3 is 5.69 Å². The summed E-state index contributed by atoms with van der Waals surface area (Å²) < 4.78 is 1.85. The smallest absolute Gasteiger partial charge is 0.320 e. The molecular weight excluding hydrogens is 416 g/mol. The van der Waals surface area contributed by atoms with E-state index in [4.69, 9.17) is 0 Å². The minimum atomic E-state index is -0.417. The molecular formula is C26H32N4O3. The summed E-state index contributed by atoms with van der Waals surface area (Å²) in [5, 5.41) is 16.6. The fraction of sp³-hybridized carbons (Fsp3) is 0.615. The molecule has 1 saturated heterocycles. The second kappa shape index (κ2) is 7.96. The number of hydrogen-bond acceptors (Lipinski definition) is 4. The maximum atomic E-state index is 13.4. The molecule has 0 atom stereocenters. The molecule has 1 aromatic carbocycles. The third-order valence-corrected chi connectivity index (χ3v) is 8.86. The van der Waals surface area contributed by atoms with Crippen LogP contribution in [0, 0.1) is 33.8 Å². The van der Waals surface area contributed by atoms with Crippen molar-refractivity contribution in [3.8, 4) is 0 Å². The fourth-order valence-corrected chi connectivity index (χ4v) is 7.68. The van der Waals surface area contributed by atoms with Gasteiger partial charge in [-0.1, -0.05) is 30.3 Å². The standard InChI is InChI=1S/C26H32N4O3/c31-25(28-8-6-19(7-9-28)10-18-4-2-1-3-5-18)24-23(30(32)33)17-29(27-24)26-14-20-11-21(15-26)13-22(12-20)16-26/h1-5,17,19-22H,6-16H2. The largest absolute Gasteiger partial charge is 0.337 e. The number of aromatic nitrogens is 2. The maximum Gasteiger partial charge on any atom is 0.320 e. The molecule has 0 N–H and O–H groups in total. The van der Waals surface area contributed by atoms with Gasteiger partial charge in [-0.3, -0.25) is 19.6 Å². The zero-order chi connectivity index (χ0) is 22.6. The Labute approximate surface area is 194 Å². The van der Waals surface area contributed by atoms with Gasteiger partial charge in [0, 0.05) is 13.1 Å². The molecule has 2 aromatic rings. The number of nitrogens with zero attached hydrogens (tertiary/aromatic N) is 4. The van der Waals surface area contributed by atoms with E-state index in [9.17, 15) is 14.9 Å². The van der Waals surface area contributed by atoms with Gasteiger partial charge < -0.3 is 4.90 Å². The number of amides is 1. The van der Waals surface area contributed by atoms with E-state index < -0.39 is 4.92 Å². The van der Waals surface area contributed by atoms with Gasteiger partial charge in [-0.2, -0.15) is 5.10 Å². The van der Waals surface area contributed by atoms with Gasteiger partial charge in [-0.15, -0.1) is 0 Å². The van der Waals surface area contributed by atoms with Crippen LogP contribution in [-0.2, 0) is 12.0 Å². The Morgan fingerprint density at radius 3 is 2.21 bits per heavy atom. The number of carbonyl (C=O) groups is 1. The van der Waals surface area contributed by atoms with Gasteiger partial charge in [-0.25, -0.2) is 0 Å². The van der Waals surface area contributed by atoms with Crippen molar-refractivity contribution in [2.75, 3.05) is 13.1 Å². The van der Waals surface area contributed by atoms with Gasteiger partial charge in [0.2, 0.25) is 5.69 Å². The minimum absolute atomic E-state index is 0.0391. The van der Waals surface area contributed by atoms with Crippen LogP contribution in [0.1, 0.15) is 67.4 Å². The molecule has 0 radical (unpaired) electrons. The van der Waals surface area contributed by atoms with Crippen LogP contribution in [0.25, 0.3) is 0 Å². The Bertz CT molecular complexity index is 1020. The second-order valence-corrected chi connectivity index (χ2v) is 11.1. The Morgan fingerprint density at radius 1 is 1.03 bits per heavy atom. The monoisotopic (exact) mass is 448 g/mol. The molecule has 0 spiro atoms. The summed E-state index contributed by atoms with van der Waals surface area (Å²) in [7, 11) is 0. The summed E-state index contributed by atoms with van der Waals surface area (Å²) in [4.78, 5) is 26.6. The summed E-state index contributed by atoms with van der Waals surface area (Å²) >= 11 is 0. The van der Waals surface area contributed by atoms with Gasteiger partial charge in [0.15, 0.2) is 0 Å². The Balaban J connectivity index is 1.19. The van der Waals surface area contributed by atoms with Crippen molar-refractivity contribution in [1.82, 2.24) is 14.7 Å². The van der Waals surface area contributed by atoms with Crippen molar-refractivity contribution in [2.24, 2.45) is 23.7 Å². The molecule has 1 amide bonds. The van der Waals surface area contributed by atoms with Crippen LogP contribution in [0.5, 0.6) is 0 Å². The van der Waals surface area contributed by atoms with E-state index in [-0.39, 0.29) is 22.8 Å². The lowest BCUT2D eigenvalue weighted by Gasteiger charge is -2.56. The van der Waals surface area contributed by atoms with Crippen LogP contribution in [-0.4, -0.2) is 38.6 Å². The van der Waals surface area contributed by atoms with Crippen LogP contribution in [0.2, 0.25) is 0 Å². The van der Waals surface area contributed by atoms with Crippen molar-refractivity contribution in [3.63, 3.8) is 0 Å². The number of piperidine rings is 1. The number of hydrogen-bond donors (Lipinski definition) is 0. The van der Waals surface area contributed by atoms with E-state index in [1.54, 1.807) is 11.1 Å². The molecule has 4 bridgehead atoms. The molecule has 7 heteroatoms.